The highest BCUT2D eigenvalue weighted by atomic mass is 19.4. The Balaban J connectivity index is 1.90. The number of ether oxygens (including phenoxy) is 2. The van der Waals surface area contributed by atoms with Gasteiger partial charge in [0.15, 0.2) is 11.5 Å². The first kappa shape index (κ1) is 53.6. The lowest BCUT2D eigenvalue weighted by Crippen LogP contribution is -2.62. The number of halogens is 3. The first-order valence-corrected chi connectivity index (χ1v) is 21.0. The van der Waals surface area contributed by atoms with E-state index in [1.165, 1.54) is 6.07 Å². The summed E-state index contributed by atoms with van der Waals surface area (Å²) >= 11 is 0. The van der Waals surface area contributed by atoms with E-state index in [-0.39, 0.29) is 38.3 Å². The first-order chi connectivity index (χ1) is 30.8. The van der Waals surface area contributed by atoms with Crippen LogP contribution in [-0.2, 0) is 56.0 Å². The highest BCUT2D eigenvalue weighted by molar-refractivity contribution is 5.98. The lowest BCUT2D eigenvalue weighted by Gasteiger charge is -2.34. The van der Waals surface area contributed by atoms with Gasteiger partial charge in [-0.3, -0.25) is 38.4 Å². The molecule has 1 heterocycles. The van der Waals surface area contributed by atoms with Crippen LogP contribution >= 0.6 is 0 Å². The van der Waals surface area contributed by atoms with Crippen molar-refractivity contribution in [3.8, 4) is 11.5 Å². The van der Waals surface area contributed by atoms with Gasteiger partial charge < -0.3 is 56.4 Å². The molecular weight excluding hydrogens is 878 g/mol. The second-order valence-electron chi connectivity index (χ2n) is 17.3. The molecule has 6 atom stereocenters. The zero-order chi connectivity index (χ0) is 49.5. The molecule has 0 fully saturated rings. The summed E-state index contributed by atoms with van der Waals surface area (Å²) in [5.74, 6) is -8.35. The lowest BCUT2D eigenvalue weighted by atomic mass is 9.85. The number of rotatable bonds is 24. The number of fused-ring (bicyclic) bond motifs is 1. The number of hydrogen-bond acceptors (Lipinski definition) is 11. The fourth-order valence-corrected chi connectivity index (χ4v) is 6.76. The molecule has 22 heteroatoms. The third kappa shape index (κ3) is 17.7. The predicted octanol–water partition coefficient (Wildman–Crippen LogP) is 2.00. The second-order valence-corrected chi connectivity index (χ2v) is 17.3. The van der Waals surface area contributed by atoms with E-state index >= 15 is 0 Å². The molecule has 362 valence electrons. The van der Waals surface area contributed by atoms with Crippen LogP contribution in [0.1, 0.15) is 83.4 Å². The summed E-state index contributed by atoms with van der Waals surface area (Å²) in [6.45, 7) is 9.75. The molecule has 1 aliphatic heterocycles. The molecule has 1 aliphatic rings. The smallest absolute Gasteiger partial charge is 0.391 e. The number of aryl methyl sites for hydroxylation is 1. The van der Waals surface area contributed by atoms with Crippen molar-refractivity contribution in [2.75, 3.05) is 6.79 Å². The number of carbonyl (C=O) groups is 9. The molecule has 66 heavy (non-hydrogen) atoms. The molecule has 19 nitrogen and oxygen atoms in total. The predicted molar refractivity (Wildman–Crippen MR) is 228 cm³/mol. The van der Waals surface area contributed by atoms with Crippen LogP contribution in [0.5, 0.6) is 11.5 Å². The van der Waals surface area contributed by atoms with E-state index in [4.69, 9.17) is 9.47 Å². The minimum atomic E-state index is -4.79. The fourth-order valence-electron chi connectivity index (χ4n) is 6.76. The van der Waals surface area contributed by atoms with Crippen LogP contribution in [0, 0.1) is 18.3 Å². The highest BCUT2D eigenvalue weighted by Gasteiger charge is 2.39. The van der Waals surface area contributed by atoms with Crippen molar-refractivity contribution in [1.82, 2.24) is 31.9 Å². The summed E-state index contributed by atoms with van der Waals surface area (Å²) in [5.41, 5.74) is 0.536. The number of carbonyl (C=O) groups excluding carboxylic acids is 7. The maximum atomic E-state index is 14.3. The van der Waals surface area contributed by atoms with Crippen molar-refractivity contribution in [3.63, 3.8) is 0 Å². The molecule has 0 saturated carbocycles. The van der Waals surface area contributed by atoms with E-state index < -0.39 is 121 Å². The van der Waals surface area contributed by atoms with Gasteiger partial charge in [-0.05, 0) is 59.9 Å². The van der Waals surface area contributed by atoms with Gasteiger partial charge in [0.2, 0.25) is 42.2 Å². The second kappa shape index (κ2) is 24.0. The van der Waals surface area contributed by atoms with E-state index in [2.05, 4.69) is 26.6 Å². The van der Waals surface area contributed by atoms with Gasteiger partial charge in [0, 0.05) is 12.8 Å². The maximum Gasteiger partial charge on any atom is 0.391 e. The Morgan fingerprint density at radius 2 is 1.32 bits per heavy atom. The van der Waals surface area contributed by atoms with Gasteiger partial charge in [-0.1, -0.05) is 65.0 Å². The number of aldehydes is 1. The monoisotopic (exact) mass is 934 g/mol. The number of carboxylic acid groups (broad SMARTS) is 2. The molecule has 0 aliphatic carbocycles. The van der Waals surface area contributed by atoms with Gasteiger partial charge in [-0.25, -0.2) is 0 Å². The molecular formula is C44H57F3N6O13. The zero-order valence-corrected chi connectivity index (χ0v) is 37.3. The van der Waals surface area contributed by atoms with Crippen molar-refractivity contribution in [2.24, 2.45) is 11.3 Å². The molecule has 2 aromatic rings. The highest BCUT2D eigenvalue weighted by Crippen LogP contribution is 2.32. The van der Waals surface area contributed by atoms with E-state index in [1.54, 1.807) is 77.9 Å². The SMILES string of the molecule is Cc1ccccc1C[C@H](NC(=O)[C@H](CCC(=O)O)NC(=O)[C@H](CC(=O)O)NC(=O)Cc1ccc2c(c1)OCO2)C(=O)N[C@H](C(=O)N[C@@H](CC(C)C)C(=O)N[C@H](C=O)CC(F)(F)F)C(C)(C)C. The number of carboxylic acids is 2. The third-order valence-corrected chi connectivity index (χ3v) is 10.1. The van der Waals surface area contributed by atoms with Crippen LogP contribution in [0.15, 0.2) is 42.5 Å². The molecule has 0 radical (unpaired) electrons. The lowest BCUT2D eigenvalue weighted by molar-refractivity contribution is -0.147. The van der Waals surface area contributed by atoms with Crippen molar-refractivity contribution in [3.05, 3.63) is 59.2 Å². The summed E-state index contributed by atoms with van der Waals surface area (Å²) in [4.78, 5) is 117. The molecule has 3 rings (SSSR count). The Hall–Kier alpha value is -6.74. The largest absolute Gasteiger partial charge is 0.481 e. The normalized spacial score (nSPS) is 14.9. The topological polar surface area (TPSA) is 285 Å². The van der Waals surface area contributed by atoms with E-state index in [0.717, 1.165) is 0 Å². The Bertz CT molecular complexity index is 2110. The van der Waals surface area contributed by atoms with Crippen molar-refractivity contribution < 1.29 is 76.0 Å². The number of amides is 6. The van der Waals surface area contributed by atoms with Crippen molar-refractivity contribution in [2.45, 2.75) is 129 Å². The van der Waals surface area contributed by atoms with E-state index in [1.807, 2.05) is 5.32 Å². The summed E-state index contributed by atoms with van der Waals surface area (Å²) in [7, 11) is 0. The van der Waals surface area contributed by atoms with Gasteiger partial charge in [0.25, 0.3) is 0 Å². The summed E-state index contributed by atoms with van der Waals surface area (Å²) < 4.78 is 49.8. The van der Waals surface area contributed by atoms with Gasteiger partial charge in [-0.2, -0.15) is 13.2 Å². The fraction of sp³-hybridized carbons (Fsp3) is 0.523. The quantitative estimate of drug-likeness (QED) is 0.0701. The van der Waals surface area contributed by atoms with Crippen LogP contribution in [0.2, 0.25) is 0 Å². The Morgan fingerprint density at radius 3 is 1.91 bits per heavy atom. The number of benzene rings is 2. The minimum Gasteiger partial charge on any atom is -0.481 e. The number of alkyl halides is 3. The summed E-state index contributed by atoms with van der Waals surface area (Å²) in [6, 6.07) is 1.54. The van der Waals surface area contributed by atoms with Gasteiger partial charge >= 0.3 is 18.1 Å². The standard InChI is InChI=1S/C44H57F3N6O13/c1-23(2)15-29(39(61)48-27(21-54)20-44(45,46)47)52-42(64)37(43(4,5)6)53-41(63)30(18-26-10-8-7-9-24(26)3)51-38(60)28(12-14-35(56)57)50-40(62)31(19-36(58)59)49-34(55)17-25-11-13-32-33(16-25)66-22-65-32/h7-11,13,16,21,23,27-31,37H,12,14-15,17-20,22H2,1-6H3,(H,48,61)(H,49,55)(H,50,62)(H,51,60)(H,52,64)(H,53,63)(H,56,57)(H,58,59)/t27-,28-,29-,30-,31-,37+/m0/s1. The van der Waals surface area contributed by atoms with Gasteiger partial charge in [-0.15, -0.1) is 0 Å². The Kier molecular flexibility index (Phi) is 19.5. The number of aliphatic carboxylic acids is 2. The molecule has 8 N–H and O–H groups in total. The van der Waals surface area contributed by atoms with Crippen molar-refractivity contribution >= 4 is 53.7 Å². The van der Waals surface area contributed by atoms with Gasteiger partial charge in [0.05, 0.1) is 25.3 Å². The molecule has 2 aromatic carbocycles. The van der Waals surface area contributed by atoms with Gasteiger partial charge in [0.1, 0.15) is 36.5 Å². The van der Waals surface area contributed by atoms with E-state index in [9.17, 15) is 66.5 Å². The Morgan fingerprint density at radius 1 is 0.727 bits per heavy atom. The van der Waals surface area contributed by atoms with Crippen molar-refractivity contribution in [1.29, 1.82) is 0 Å². The molecule has 0 bridgehead atoms. The van der Waals surface area contributed by atoms with Crippen LogP contribution in [0.3, 0.4) is 0 Å². The summed E-state index contributed by atoms with van der Waals surface area (Å²) in [5, 5.41) is 33.4. The maximum absolute atomic E-state index is 14.3. The number of nitrogens with one attached hydrogen (secondary N) is 6. The average molecular weight is 935 g/mol. The minimum absolute atomic E-state index is 0.0265. The average Bonchev–Trinajstić information content (AvgIpc) is 3.67. The van der Waals surface area contributed by atoms with E-state index in [0.29, 0.717) is 28.2 Å². The van der Waals surface area contributed by atoms with Crippen LogP contribution < -0.4 is 41.4 Å². The third-order valence-electron chi connectivity index (χ3n) is 10.1. The first-order valence-electron chi connectivity index (χ1n) is 21.0. The molecule has 0 spiro atoms. The molecule has 0 saturated heterocycles. The number of hydrogen-bond donors (Lipinski definition) is 8. The van der Waals surface area contributed by atoms with Crippen LogP contribution in [-0.4, -0.2) is 113 Å². The molecule has 0 aromatic heterocycles. The Labute approximate surface area is 378 Å². The molecule has 6 amide bonds. The molecule has 0 unspecified atom stereocenters. The van der Waals surface area contributed by atoms with Crippen LogP contribution in [0.4, 0.5) is 13.2 Å². The summed E-state index contributed by atoms with van der Waals surface area (Å²) in [6.07, 6.45) is -9.31. The van der Waals surface area contributed by atoms with Crippen LogP contribution in [0.25, 0.3) is 0 Å². The zero-order valence-electron chi connectivity index (χ0n) is 37.3.